The maximum atomic E-state index is 14.3. The summed E-state index contributed by atoms with van der Waals surface area (Å²) < 4.78 is 42.0. The second kappa shape index (κ2) is 12.3. The van der Waals surface area contributed by atoms with Crippen LogP contribution in [0.3, 0.4) is 0 Å². The van der Waals surface area contributed by atoms with Crippen molar-refractivity contribution in [1.29, 1.82) is 0 Å². The number of pyridine rings is 1. The maximum absolute atomic E-state index is 14.3. The van der Waals surface area contributed by atoms with Gasteiger partial charge in [-0.05, 0) is 55.8 Å². The predicted molar refractivity (Wildman–Crippen MR) is 148 cm³/mol. The molecule has 2 N–H and O–H groups in total. The quantitative estimate of drug-likeness (QED) is 0.250. The van der Waals surface area contributed by atoms with Crippen LogP contribution in [-0.2, 0) is 21.4 Å². The number of carbonyl (C=O) groups is 1. The molecule has 4 rings (SSSR count). The first-order valence-corrected chi connectivity index (χ1v) is 13.9. The standard InChI is InChI=1S/C28H28ClFN4O3S/c1-20-7-10-23(11-8-20)38(36,37)34(18-21-5-2-3-6-25(21)30)19-28(35)33-15-4-14-31-26-13-16-32-27-17-22(29)9-12-24(26)27/h2-3,5-13,16-17H,4,14-15,18-19H2,1H3,(H,31,32)(H,33,35). The summed E-state index contributed by atoms with van der Waals surface area (Å²) in [7, 11) is -4.04. The highest BCUT2D eigenvalue weighted by Crippen LogP contribution is 2.24. The van der Waals surface area contributed by atoms with Crippen LogP contribution in [-0.4, -0.2) is 43.2 Å². The molecule has 0 atom stereocenters. The molecular formula is C28H28ClFN4O3S. The number of rotatable bonds is 11. The highest BCUT2D eigenvalue weighted by molar-refractivity contribution is 7.89. The van der Waals surface area contributed by atoms with E-state index in [-0.39, 0.29) is 17.0 Å². The van der Waals surface area contributed by atoms with Crippen molar-refractivity contribution in [2.24, 2.45) is 0 Å². The number of amides is 1. The minimum absolute atomic E-state index is 0.0438. The van der Waals surface area contributed by atoms with Crippen LogP contribution in [0.5, 0.6) is 0 Å². The Labute approximate surface area is 226 Å². The largest absolute Gasteiger partial charge is 0.384 e. The summed E-state index contributed by atoms with van der Waals surface area (Å²) >= 11 is 6.04. The molecule has 0 fully saturated rings. The molecule has 0 aliphatic heterocycles. The van der Waals surface area contributed by atoms with Crippen molar-refractivity contribution in [3.8, 4) is 0 Å². The molecule has 0 bridgehead atoms. The molecule has 0 radical (unpaired) electrons. The van der Waals surface area contributed by atoms with E-state index in [4.69, 9.17) is 11.6 Å². The number of nitrogens with one attached hydrogen (secondary N) is 2. The molecule has 0 aliphatic carbocycles. The molecule has 0 aliphatic rings. The summed E-state index contributed by atoms with van der Waals surface area (Å²) in [5.74, 6) is -1.00. The molecule has 0 unspecified atom stereocenters. The van der Waals surface area contributed by atoms with Crippen molar-refractivity contribution < 1.29 is 17.6 Å². The molecule has 0 saturated heterocycles. The molecule has 10 heteroatoms. The first-order valence-electron chi connectivity index (χ1n) is 12.1. The van der Waals surface area contributed by atoms with Gasteiger partial charge in [-0.2, -0.15) is 4.31 Å². The van der Waals surface area contributed by atoms with Crippen molar-refractivity contribution in [3.05, 3.63) is 101 Å². The number of halogens is 2. The van der Waals surface area contributed by atoms with Crippen LogP contribution in [0.15, 0.2) is 83.9 Å². The third kappa shape index (κ3) is 6.86. The van der Waals surface area contributed by atoms with Crippen molar-refractivity contribution in [2.75, 3.05) is 25.0 Å². The van der Waals surface area contributed by atoms with Crippen molar-refractivity contribution in [3.63, 3.8) is 0 Å². The Morgan fingerprint density at radius 1 is 1.03 bits per heavy atom. The molecule has 4 aromatic rings. The van der Waals surface area contributed by atoms with Crippen molar-refractivity contribution in [2.45, 2.75) is 24.8 Å². The van der Waals surface area contributed by atoms with Gasteiger partial charge in [0, 0.05) is 47.5 Å². The van der Waals surface area contributed by atoms with Crippen LogP contribution in [0.25, 0.3) is 10.9 Å². The number of benzene rings is 3. The van der Waals surface area contributed by atoms with Gasteiger partial charge in [0.2, 0.25) is 15.9 Å². The van der Waals surface area contributed by atoms with E-state index >= 15 is 0 Å². The topological polar surface area (TPSA) is 91.4 Å². The number of fused-ring (bicyclic) bond motifs is 1. The summed E-state index contributed by atoms with van der Waals surface area (Å²) in [5, 5.41) is 7.64. The molecular weight excluding hydrogens is 527 g/mol. The molecule has 0 spiro atoms. The van der Waals surface area contributed by atoms with Gasteiger partial charge in [-0.15, -0.1) is 0 Å². The first kappa shape index (κ1) is 27.5. The zero-order valence-corrected chi connectivity index (χ0v) is 22.4. The lowest BCUT2D eigenvalue weighted by Crippen LogP contribution is -2.41. The van der Waals surface area contributed by atoms with E-state index in [9.17, 15) is 17.6 Å². The van der Waals surface area contributed by atoms with Gasteiger partial charge >= 0.3 is 0 Å². The zero-order chi connectivity index (χ0) is 27.1. The van der Waals surface area contributed by atoms with Gasteiger partial charge in [0.15, 0.2) is 0 Å². The fourth-order valence-electron chi connectivity index (χ4n) is 3.93. The number of nitrogens with zero attached hydrogens (tertiary/aromatic N) is 2. The van der Waals surface area contributed by atoms with E-state index < -0.39 is 28.3 Å². The average molecular weight is 555 g/mol. The van der Waals surface area contributed by atoms with Crippen molar-refractivity contribution in [1.82, 2.24) is 14.6 Å². The van der Waals surface area contributed by atoms with Crippen LogP contribution < -0.4 is 10.6 Å². The van der Waals surface area contributed by atoms with Crippen LogP contribution in [0.4, 0.5) is 10.1 Å². The monoisotopic (exact) mass is 554 g/mol. The van der Waals surface area contributed by atoms with E-state index in [0.29, 0.717) is 24.5 Å². The second-order valence-electron chi connectivity index (χ2n) is 8.83. The fraction of sp³-hybridized carbons (Fsp3) is 0.214. The molecule has 0 saturated carbocycles. The van der Waals surface area contributed by atoms with Crippen LogP contribution in [0, 0.1) is 12.7 Å². The third-order valence-electron chi connectivity index (χ3n) is 5.98. The Bertz CT molecular complexity index is 1530. The maximum Gasteiger partial charge on any atom is 0.243 e. The minimum Gasteiger partial charge on any atom is -0.384 e. The highest BCUT2D eigenvalue weighted by atomic mass is 35.5. The third-order valence-corrected chi connectivity index (χ3v) is 8.02. The molecule has 1 amide bonds. The summed E-state index contributed by atoms with van der Waals surface area (Å²) in [6, 6.07) is 19.6. The Balaban J connectivity index is 1.37. The zero-order valence-electron chi connectivity index (χ0n) is 20.8. The minimum atomic E-state index is -4.04. The van der Waals surface area contributed by atoms with E-state index in [1.165, 1.54) is 30.3 Å². The van der Waals surface area contributed by atoms with Gasteiger partial charge < -0.3 is 10.6 Å². The fourth-order valence-corrected chi connectivity index (χ4v) is 5.47. The Kier molecular flexibility index (Phi) is 8.93. The van der Waals surface area contributed by atoms with Crippen LogP contribution in [0.2, 0.25) is 5.02 Å². The van der Waals surface area contributed by atoms with E-state index in [1.54, 1.807) is 36.5 Å². The lowest BCUT2D eigenvalue weighted by Gasteiger charge is -2.22. The number of aryl methyl sites for hydroxylation is 1. The van der Waals surface area contributed by atoms with Gasteiger partial charge in [0.25, 0.3) is 0 Å². The lowest BCUT2D eigenvalue weighted by molar-refractivity contribution is -0.121. The Morgan fingerprint density at radius 3 is 2.55 bits per heavy atom. The first-order chi connectivity index (χ1) is 18.2. The molecule has 1 aromatic heterocycles. The van der Waals surface area contributed by atoms with Crippen molar-refractivity contribution >= 4 is 44.1 Å². The molecule has 7 nitrogen and oxygen atoms in total. The van der Waals surface area contributed by atoms with E-state index in [0.717, 1.165) is 26.5 Å². The molecule has 1 heterocycles. The Morgan fingerprint density at radius 2 is 1.79 bits per heavy atom. The van der Waals surface area contributed by atoms with Crippen LogP contribution in [0.1, 0.15) is 17.5 Å². The van der Waals surface area contributed by atoms with Gasteiger partial charge in [-0.25, -0.2) is 12.8 Å². The summed E-state index contributed by atoms with van der Waals surface area (Å²) in [6.07, 6.45) is 2.29. The highest BCUT2D eigenvalue weighted by Gasteiger charge is 2.27. The molecule has 198 valence electrons. The van der Waals surface area contributed by atoms with Crippen LogP contribution >= 0.6 is 11.6 Å². The summed E-state index contributed by atoms with van der Waals surface area (Å²) in [6.45, 7) is 2.05. The van der Waals surface area contributed by atoms with Gasteiger partial charge in [-0.1, -0.05) is 47.5 Å². The van der Waals surface area contributed by atoms with Gasteiger partial charge in [-0.3, -0.25) is 9.78 Å². The number of carbonyl (C=O) groups excluding carboxylic acids is 1. The second-order valence-corrected chi connectivity index (χ2v) is 11.2. The SMILES string of the molecule is Cc1ccc(S(=O)(=O)N(CC(=O)NCCCNc2ccnc3cc(Cl)ccc23)Cc2ccccc2F)cc1. The number of hydrogen-bond acceptors (Lipinski definition) is 5. The summed E-state index contributed by atoms with van der Waals surface area (Å²) in [5.41, 5.74) is 2.77. The van der Waals surface area contributed by atoms with E-state index in [1.807, 2.05) is 19.1 Å². The normalized spacial score (nSPS) is 11.6. The molecule has 38 heavy (non-hydrogen) atoms. The summed E-state index contributed by atoms with van der Waals surface area (Å²) in [4.78, 5) is 17.1. The smallest absolute Gasteiger partial charge is 0.243 e. The lowest BCUT2D eigenvalue weighted by atomic mass is 10.2. The van der Waals surface area contributed by atoms with Gasteiger partial charge in [0.1, 0.15) is 5.82 Å². The van der Waals surface area contributed by atoms with Gasteiger partial charge in [0.05, 0.1) is 17.0 Å². The number of aromatic nitrogens is 1. The number of sulfonamides is 1. The average Bonchev–Trinajstić information content (AvgIpc) is 2.89. The molecule has 3 aromatic carbocycles. The number of hydrogen-bond donors (Lipinski definition) is 2. The predicted octanol–water partition coefficient (Wildman–Crippen LogP) is 5.15. The van der Waals surface area contributed by atoms with E-state index in [2.05, 4.69) is 15.6 Å². The Hall–Kier alpha value is -3.53. The number of anilines is 1.